The van der Waals surface area contributed by atoms with Crippen LogP contribution in [0.25, 0.3) is 0 Å². The van der Waals surface area contributed by atoms with Gasteiger partial charge in [-0.05, 0) is 44.4 Å². The average molecular weight is 504 g/mol. The van der Waals surface area contributed by atoms with Gasteiger partial charge < -0.3 is 15.0 Å². The quantitative estimate of drug-likeness (QED) is 0.478. The standard InChI is InChI=1S/C26H37N3O5S/c1-7-20(4)27-26(31)22(8-2)28(17-21-15-13-19(3)14-16-21)25(30)18-29(35(6,32)33)23-11-9-10-12-24(23)34-5/h9-16,20,22H,7-8,17-18H2,1-6H3,(H,27,31)/t20-,22-/m1/s1. The number of para-hydroxylation sites is 2. The molecule has 0 saturated carbocycles. The molecule has 0 fully saturated rings. The van der Waals surface area contributed by atoms with E-state index in [0.29, 0.717) is 12.2 Å². The number of anilines is 1. The van der Waals surface area contributed by atoms with Crippen LogP contribution >= 0.6 is 0 Å². The molecule has 0 heterocycles. The number of benzene rings is 2. The summed E-state index contributed by atoms with van der Waals surface area (Å²) < 4.78 is 31.8. The monoisotopic (exact) mass is 503 g/mol. The maximum absolute atomic E-state index is 13.7. The number of nitrogens with one attached hydrogen (secondary N) is 1. The molecule has 2 amide bonds. The van der Waals surface area contributed by atoms with Gasteiger partial charge in [-0.25, -0.2) is 8.42 Å². The molecule has 0 aliphatic rings. The predicted octanol–water partition coefficient (Wildman–Crippen LogP) is 3.49. The summed E-state index contributed by atoms with van der Waals surface area (Å²) >= 11 is 0. The van der Waals surface area contributed by atoms with Gasteiger partial charge in [-0.15, -0.1) is 0 Å². The Balaban J connectivity index is 2.46. The predicted molar refractivity (Wildman–Crippen MR) is 139 cm³/mol. The molecule has 0 aromatic heterocycles. The third-order valence-electron chi connectivity index (χ3n) is 5.89. The lowest BCUT2D eigenvalue weighted by Gasteiger charge is -2.33. The van der Waals surface area contributed by atoms with E-state index in [2.05, 4.69) is 5.32 Å². The fourth-order valence-electron chi connectivity index (χ4n) is 3.68. The first-order valence-corrected chi connectivity index (χ1v) is 13.6. The van der Waals surface area contributed by atoms with Crippen molar-refractivity contribution in [3.05, 3.63) is 59.7 Å². The first kappa shape index (κ1) is 28.2. The first-order chi connectivity index (χ1) is 16.5. The highest BCUT2D eigenvalue weighted by molar-refractivity contribution is 7.92. The van der Waals surface area contributed by atoms with Gasteiger partial charge in [0, 0.05) is 12.6 Å². The smallest absolute Gasteiger partial charge is 0.244 e. The van der Waals surface area contributed by atoms with Gasteiger partial charge in [0.2, 0.25) is 21.8 Å². The number of sulfonamides is 1. The minimum absolute atomic E-state index is 0.0472. The second-order valence-corrected chi connectivity index (χ2v) is 10.6. The molecule has 0 radical (unpaired) electrons. The van der Waals surface area contributed by atoms with Gasteiger partial charge in [0.25, 0.3) is 0 Å². The molecule has 0 spiro atoms. The van der Waals surface area contributed by atoms with Crippen molar-refractivity contribution in [3.8, 4) is 5.75 Å². The highest BCUT2D eigenvalue weighted by atomic mass is 32.2. The van der Waals surface area contributed by atoms with E-state index in [1.165, 1.54) is 12.0 Å². The lowest BCUT2D eigenvalue weighted by molar-refractivity contribution is -0.140. The number of amides is 2. The fourth-order valence-corrected chi connectivity index (χ4v) is 4.53. The molecule has 2 aromatic carbocycles. The number of hydrogen-bond donors (Lipinski definition) is 1. The highest BCUT2D eigenvalue weighted by Crippen LogP contribution is 2.29. The molecule has 8 nitrogen and oxygen atoms in total. The second-order valence-electron chi connectivity index (χ2n) is 8.69. The summed E-state index contributed by atoms with van der Waals surface area (Å²) in [6, 6.07) is 13.5. The lowest BCUT2D eigenvalue weighted by Crippen LogP contribution is -2.53. The van der Waals surface area contributed by atoms with Crippen LogP contribution < -0.4 is 14.4 Å². The normalized spacial score (nSPS) is 13.0. The van der Waals surface area contributed by atoms with Crippen LogP contribution in [0.5, 0.6) is 5.75 Å². The van der Waals surface area contributed by atoms with Crippen LogP contribution in [0.15, 0.2) is 48.5 Å². The molecule has 0 unspecified atom stereocenters. The van der Waals surface area contributed by atoms with Gasteiger partial charge in [-0.1, -0.05) is 55.8 Å². The summed E-state index contributed by atoms with van der Waals surface area (Å²) in [5, 5.41) is 2.96. The molecule has 35 heavy (non-hydrogen) atoms. The third kappa shape index (κ3) is 7.71. The molecule has 2 rings (SSSR count). The van der Waals surface area contributed by atoms with Gasteiger partial charge in [-0.2, -0.15) is 0 Å². The topological polar surface area (TPSA) is 96.0 Å². The van der Waals surface area contributed by atoms with E-state index in [-0.39, 0.29) is 24.2 Å². The van der Waals surface area contributed by atoms with E-state index in [0.717, 1.165) is 28.1 Å². The Morgan fingerprint density at radius 2 is 1.66 bits per heavy atom. The van der Waals surface area contributed by atoms with Gasteiger partial charge in [0.15, 0.2) is 0 Å². The summed E-state index contributed by atoms with van der Waals surface area (Å²) in [5.41, 5.74) is 2.19. The highest BCUT2D eigenvalue weighted by Gasteiger charge is 2.32. The van der Waals surface area contributed by atoms with Crippen molar-refractivity contribution in [2.75, 3.05) is 24.2 Å². The van der Waals surface area contributed by atoms with E-state index in [1.807, 2.05) is 52.0 Å². The van der Waals surface area contributed by atoms with Crippen LogP contribution in [-0.2, 0) is 26.2 Å². The average Bonchev–Trinajstić information content (AvgIpc) is 2.82. The number of carbonyl (C=O) groups excluding carboxylic acids is 2. The number of rotatable bonds is 12. The zero-order chi connectivity index (χ0) is 26.2. The Morgan fingerprint density at radius 3 is 2.20 bits per heavy atom. The van der Waals surface area contributed by atoms with Crippen molar-refractivity contribution < 1.29 is 22.7 Å². The fraction of sp³-hybridized carbons (Fsp3) is 0.462. The Bertz CT molecular complexity index is 1100. The van der Waals surface area contributed by atoms with E-state index < -0.39 is 28.5 Å². The van der Waals surface area contributed by atoms with Crippen LogP contribution in [0.1, 0.15) is 44.7 Å². The van der Waals surface area contributed by atoms with Crippen molar-refractivity contribution in [1.29, 1.82) is 0 Å². The van der Waals surface area contributed by atoms with Crippen molar-refractivity contribution >= 4 is 27.5 Å². The number of carbonyl (C=O) groups is 2. The van der Waals surface area contributed by atoms with Crippen molar-refractivity contribution in [1.82, 2.24) is 10.2 Å². The number of ether oxygens (including phenoxy) is 1. The summed E-state index contributed by atoms with van der Waals surface area (Å²) in [4.78, 5) is 28.3. The van der Waals surface area contributed by atoms with Crippen LogP contribution in [-0.4, -0.2) is 57.1 Å². The van der Waals surface area contributed by atoms with Gasteiger partial charge in [-0.3, -0.25) is 13.9 Å². The van der Waals surface area contributed by atoms with E-state index >= 15 is 0 Å². The van der Waals surface area contributed by atoms with Crippen molar-refractivity contribution in [2.24, 2.45) is 0 Å². The molecular weight excluding hydrogens is 466 g/mol. The SMILES string of the molecule is CC[C@@H](C)NC(=O)[C@@H](CC)N(Cc1ccc(C)cc1)C(=O)CN(c1ccccc1OC)S(C)(=O)=O. The molecule has 9 heteroatoms. The largest absolute Gasteiger partial charge is 0.495 e. The minimum atomic E-state index is -3.83. The number of aryl methyl sites for hydroxylation is 1. The van der Waals surface area contributed by atoms with Crippen LogP contribution in [0.2, 0.25) is 0 Å². The molecular formula is C26H37N3O5S. The van der Waals surface area contributed by atoms with Gasteiger partial charge in [0.05, 0.1) is 19.1 Å². The molecule has 192 valence electrons. The molecule has 0 aliphatic heterocycles. The number of nitrogens with zero attached hydrogens (tertiary/aromatic N) is 2. The first-order valence-electron chi connectivity index (χ1n) is 11.8. The lowest BCUT2D eigenvalue weighted by atomic mass is 10.1. The summed E-state index contributed by atoms with van der Waals surface area (Å²) in [6.07, 6.45) is 2.18. The maximum Gasteiger partial charge on any atom is 0.244 e. The second kappa shape index (κ2) is 12.6. The maximum atomic E-state index is 13.7. The molecule has 0 saturated heterocycles. The molecule has 1 N–H and O–H groups in total. The minimum Gasteiger partial charge on any atom is -0.495 e. The zero-order valence-electron chi connectivity index (χ0n) is 21.4. The van der Waals surface area contributed by atoms with Crippen molar-refractivity contribution in [3.63, 3.8) is 0 Å². The van der Waals surface area contributed by atoms with Crippen molar-refractivity contribution in [2.45, 2.75) is 59.2 Å². The summed E-state index contributed by atoms with van der Waals surface area (Å²) in [6.45, 7) is 7.40. The Kier molecular flexibility index (Phi) is 10.1. The molecule has 0 bridgehead atoms. The number of methoxy groups -OCH3 is 1. The molecule has 2 aromatic rings. The Morgan fingerprint density at radius 1 is 1.03 bits per heavy atom. The Hall–Kier alpha value is -3.07. The number of hydrogen-bond acceptors (Lipinski definition) is 5. The Labute approximate surface area is 209 Å². The van der Waals surface area contributed by atoms with Gasteiger partial charge >= 0.3 is 0 Å². The van der Waals surface area contributed by atoms with Gasteiger partial charge in [0.1, 0.15) is 18.3 Å². The molecule has 2 atom stereocenters. The summed E-state index contributed by atoms with van der Waals surface area (Å²) in [7, 11) is -2.39. The van der Waals surface area contributed by atoms with E-state index in [9.17, 15) is 18.0 Å². The third-order valence-corrected chi connectivity index (χ3v) is 7.02. The van der Waals surface area contributed by atoms with E-state index in [4.69, 9.17) is 4.74 Å². The molecule has 0 aliphatic carbocycles. The van der Waals surface area contributed by atoms with E-state index in [1.54, 1.807) is 24.3 Å². The summed E-state index contributed by atoms with van der Waals surface area (Å²) in [5.74, 6) is -0.407. The van der Waals surface area contributed by atoms with Crippen LogP contribution in [0.3, 0.4) is 0 Å². The van der Waals surface area contributed by atoms with Crippen LogP contribution in [0, 0.1) is 6.92 Å². The zero-order valence-corrected chi connectivity index (χ0v) is 22.3. The van der Waals surface area contributed by atoms with Crippen LogP contribution in [0.4, 0.5) is 5.69 Å².